The average Bonchev–Trinajstić information content (AvgIpc) is 3.24. The predicted molar refractivity (Wildman–Crippen MR) is 136 cm³/mol. The van der Waals surface area contributed by atoms with Crippen molar-refractivity contribution < 1.29 is 9.53 Å². The average molecular weight is 496 g/mol. The Labute approximate surface area is 209 Å². The number of nitrogens with one attached hydrogen (secondary N) is 1. The largest absolute Gasteiger partial charge is 0.439 e. The molecule has 0 spiro atoms. The lowest BCUT2D eigenvalue weighted by molar-refractivity contribution is 0.100. The number of likely N-dealkylation sites (tertiary alicyclic amines) is 1. The first-order valence-electron chi connectivity index (χ1n) is 12.0. The number of anilines is 1. The first kappa shape index (κ1) is 23.6. The van der Waals surface area contributed by atoms with Gasteiger partial charge in [-0.15, -0.1) is 0 Å². The Morgan fingerprint density at radius 1 is 1.03 bits per heavy atom. The van der Waals surface area contributed by atoms with Crippen LogP contribution in [0.2, 0.25) is 5.02 Å². The number of amides is 1. The maximum Gasteiger partial charge on any atom is 0.254 e. The number of hydrogen-bond donors (Lipinski definition) is 3. The first-order valence-corrected chi connectivity index (χ1v) is 12.4. The quantitative estimate of drug-likeness (QED) is 0.478. The van der Waals surface area contributed by atoms with Gasteiger partial charge in [0.1, 0.15) is 22.8 Å². The van der Waals surface area contributed by atoms with Crippen LogP contribution in [0.3, 0.4) is 0 Å². The second kappa shape index (κ2) is 10.2. The molecule has 0 bridgehead atoms. The second-order valence-corrected chi connectivity index (χ2v) is 9.54. The smallest absolute Gasteiger partial charge is 0.254 e. The number of piperidine rings is 2. The molecule has 0 atom stereocenters. The summed E-state index contributed by atoms with van der Waals surface area (Å²) in [5.41, 5.74) is 13.7. The Kier molecular flexibility index (Phi) is 6.90. The van der Waals surface area contributed by atoms with E-state index in [2.05, 4.69) is 15.2 Å². The molecular formula is C25H30ClN7O2. The van der Waals surface area contributed by atoms with E-state index in [1.807, 2.05) is 12.1 Å². The molecule has 5 N–H and O–H groups in total. The summed E-state index contributed by atoms with van der Waals surface area (Å²) in [6, 6.07) is 11.5. The van der Waals surface area contributed by atoms with Crippen LogP contribution in [0.25, 0.3) is 11.3 Å². The molecule has 10 heteroatoms. The van der Waals surface area contributed by atoms with Crippen molar-refractivity contribution in [2.75, 3.05) is 31.9 Å². The minimum absolute atomic E-state index is 0.137. The van der Waals surface area contributed by atoms with Crippen LogP contribution in [0.4, 0.5) is 5.82 Å². The lowest BCUT2D eigenvalue weighted by atomic mass is 9.98. The van der Waals surface area contributed by atoms with Crippen LogP contribution in [-0.2, 0) is 0 Å². The third-order valence-corrected chi connectivity index (χ3v) is 7.14. The summed E-state index contributed by atoms with van der Waals surface area (Å²) in [5.74, 6) is 0.784. The van der Waals surface area contributed by atoms with Gasteiger partial charge in [0.15, 0.2) is 0 Å². The Morgan fingerprint density at radius 3 is 2.37 bits per heavy atom. The first-order chi connectivity index (χ1) is 17.0. The Hall–Kier alpha value is -3.14. The predicted octanol–water partition coefficient (Wildman–Crippen LogP) is 3.46. The molecule has 0 radical (unpaired) electrons. The van der Waals surface area contributed by atoms with Gasteiger partial charge in [0.05, 0.1) is 11.1 Å². The standard InChI is InChI=1S/C25H30ClN7O2/c26-17-3-6-21(30-15-17)35-20-4-1-16(2-5-20)23-22(25(28)34)24(27)33(31-23)19-9-13-32(14-10-19)18-7-11-29-12-8-18/h1-6,15,18-19,29H,7-14,27H2,(H2,28,34). The van der Waals surface area contributed by atoms with Gasteiger partial charge in [0.2, 0.25) is 5.88 Å². The highest BCUT2D eigenvalue weighted by molar-refractivity contribution is 6.30. The van der Waals surface area contributed by atoms with Crippen LogP contribution < -0.4 is 21.5 Å². The lowest BCUT2D eigenvalue weighted by Gasteiger charge is -2.39. The third kappa shape index (κ3) is 5.12. The van der Waals surface area contributed by atoms with Gasteiger partial charge in [0, 0.05) is 37.0 Å². The number of ether oxygens (including phenoxy) is 1. The molecule has 0 unspecified atom stereocenters. The fourth-order valence-corrected chi connectivity index (χ4v) is 5.17. The number of halogens is 1. The molecule has 5 rings (SSSR count). The van der Waals surface area contributed by atoms with Crippen LogP contribution in [0, 0.1) is 0 Å². The number of nitrogens with two attached hydrogens (primary N) is 2. The molecule has 2 aliphatic rings. The van der Waals surface area contributed by atoms with Gasteiger partial charge in [-0.2, -0.15) is 5.10 Å². The van der Waals surface area contributed by atoms with Crippen molar-refractivity contribution in [3.63, 3.8) is 0 Å². The summed E-state index contributed by atoms with van der Waals surface area (Å²) in [6.45, 7) is 4.17. The number of nitrogens with zero attached hydrogens (tertiary/aromatic N) is 4. The zero-order chi connectivity index (χ0) is 24.4. The molecule has 0 aliphatic carbocycles. The maximum absolute atomic E-state index is 12.3. The van der Waals surface area contributed by atoms with Crippen molar-refractivity contribution in [1.82, 2.24) is 25.0 Å². The molecule has 35 heavy (non-hydrogen) atoms. The van der Waals surface area contributed by atoms with E-state index in [1.54, 1.807) is 28.9 Å². The minimum Gasteiger partial charge on any atom is -0.439 e. The molecule has 1 aromatic carbocycles. The van der Waals surface area contributed by atoms with E-state index in [9.17, 15) is 4.79 Å². The SMILES string of the molecule is NC(=O)c1c(-c2ccc(Oc3ccc(Cl)cn3)cc2)nn(C2CCN(C3CCNCC3)CC2)c1N. The number of carbonyl (C=O) groups excluding carboxylic acids is 1. The molecule has 0 saturated carbocycles. The van der Waals surface area contributed by atoms with E-state index in [0.29, 0.717) is 34.2 Å². The number of pyridine rings is 1. The van der Waals surface area contributed by atoms with Crippen LogP contribution >= 0.6 is 11.6 Å². The van der Waals surface area contributed by atoms with Gasteiger partial charge < -0.3 is 26.4 Å². The second-order valence-electron chi connectivity index (χ2n) is 9.11. The molecule has 9 nitrogen and oxygen atoms in total. The number of primary amides is 1. The van der Waals surface area contributed by atoms with Crippen LogP contribution in [0.15, 0.2) is 42.6 Å². The summed E-state index contributed by atoms with van der Waals surface area (Å²) in [5, 5.41) is 8.75. The van der Waals surface area contributed by atoms with Crippen molar-refractivity contribution in [2.24, 2.45) is 5.73 Å². The van der Waals surface area contributed by atoms with Crippen LogP contribution in [-0.4, -0.2) is 57.8 Å². The van der Waals surface area contributed by atoms with Gasteiger partial charge in [-0.05, 0) is 69.1 Å². The number of rotatable bonds is 6. The Balaban J connectivity index is 1.33. The van der Waals surface area contributed by atoms with Crippen molar-refractivity contribution >= 4 is 23.3 Å². The normalized spacial score (nSPS) is 18.0. The van der Waals surface area contributed by atoms with E-state index in [0.717, 1.165) is 44.6 Å². The van der Waals surface area contributed by atoms with E-state index in [-0.39, 0.29) is 11.6 Å². The van der Waals surface area contributed by atoms with E-state index >= 15 is 0 Å². The summed E-state index contributed by atoms with van der Waals surface area (Å²) < 4.78 is 7.57. The molecule has 184 valence electrons. The zero-order valence-electron chi connectivity index (χ0n) is 19.5. The van der Waals surface area contributed by atoms with Gasteiger partial charge in [0.25, 0.3) is 5.91 Å². The van der Waals surface area contributed by atoms with Crippen molar-refractivity contribution in [2.45, 2.75) is 37.8 Å². The number of hydrogen-bond acceptors (Lipinski definition) is 7. The number of aromatic nitrogens is 3. The fourth-order valence-electron chi connectivity index (χ4n) is 5.06. The molecule has 2 saturated heterocycles. The van der Waals surface area contributed by atoms with Gasteiger partial charge in [-0.1, -0.05) is 11.6 Å². The highest BCUT2D eigenvalue weighted by Crippen LogP contribution is 2.34. The van der Waals surface area contributed by atoms with E-state index < -0.39 is 5.91 Å². The molecule has 2 aromatic heterocycles. The number of benzene rings is 1. The van der Waals surface area contributed by atoms with Gasteiger partial charge >= 0.3 is 0 Å². The summed E-state index contributed by atoms with van der Waals surface area (Å²) in [7, 11) is 0. The Bertz CT molecular complexity index is 1170. The van der Waals surface area contributed by atoms with Crippen molar-refractivity contribution in [3.8, 4) is 22.9 Å². The van der Waals surface area contributed by atoms with Gasteiger partial charge in [-0.25, -0.2) is 9.67 Å². The summed E-state index contributed by atoms with van der Waals surface area (Å²) >= 11 is 5.88. The van der Waals surface area contributed by atoms with Crippen LogP contribution in [0.1, 0.15) is 42.1 Å². The van der Waals surface area contributed by atoms with Gasteiger partial charge in [-0.3, -0.25) is 4.79 Å². The topological polar surface area (TPSA) is 124 Å². The fraction of sp³-hybridized carbons (Fsp3) is 0.400. The third-order valence-electron chi connectivity index (χ3n) is 6.91. The molecule has 1 amide bonds. The highest BCUT2D eigenvalue weighted by Gasteiger charge is 2.30. The minimum atomic E-state index is -0.582. The van der Waals surface area contributed by atoms with Crippen molar-refractivity contribution in [1.29, 1.82) is 0 Å². The Morgan fingerprint density at radius 2 is 1.74 bits per heavy atom. The van der Waals surface area contributed by atoms with Crippen molar-refractivity contribution in [3.05, 3.63) is 53.2 Å². The zero-order valence-corrected chi connectivity index (χ0v) is 20.2. The number of nitrogen functional groups attached to an aromatic ring is 1. The molecule has 2 aliphatic heterocycles. The molecule has 3 aromatic rings. The summed E-state index contributed by atoms with van der Waals surface area (Å²) in [6.07, 6.45) is 5.79. The van der Waals surface area contributed by atoms with E-state index in [1.165, 1.54) is 19.0 Å². The monoisotopic (exact) mass is 495 g/mol. The molecule has 4 heterocycles. The maximum atomic E-state index is 12.3. The number of carbonyl (C=O) groups is 1. The molecule has 2 fully saturated rings. The summed E-state index contributed by atoms with van der Waals surface area (Å²) in [4.78, 5) is 19.1. The lowest BCUT2D eigenvalue weighted by Crippen LogP contribution is -2.46. The van der Waals surface area contributed by atoms with E-state index in [4.69, 9.17) is 32.9 Å². The van der Waals surface area contributed by atoms with Crippen LogP contribution in [0.5, 0.6) is 11.6 Å². The molecular weight excluding hydrogens is 466 g/mol. The highest BCUT2D eigenvalue weighted by atomic mass is 35.5.